The normalized spacial score (nSPS) is 36.6. The molecule has 5 nitrogen and oxygen atoms in total. The zero-order chi connectivity index (χ0) is 15.3. The first-order valence-corrected chi connectivity index (χ1v) is 8.41. The first kappa shape index (κ1) is 14.0. The van der Waals surface area contributed by atoms with Gasteiger partial charge >= 0.3 is 0 Å². The lowest BCUT2D eigenvalue weighted by Gasteiger charge is -2.56. The molecular formula is C17H24N4O. The van der Waals surface area contributed by atoms with Crippen molar-refractivity contribution >= 4 is 11.7 Å². The topological polar surface area (TPSA) is 70.1 Å². The molecule has 4 bridgehead atoms. The van der Waals surface area contributed by atoms with Crippen LogP contribution < -0.4 is 11.0 Å². The minimum absolute atomic E-state index is 0.141. The van der Waals surface area contributed by atoms with Crippen molar-refractivity contribution in [2.75, 3.05) is 5.43 Å². The molecule has 118 valence electrons. The maximum Gasteiger partial charge on any atom is 0.252 e. The monoisotopic (exact) mass is 300 g/mol. The number of hydrogen-bond acceptors (Lipinski definition) is 4. The summed E-state index contributed by atoms with van der Waals surface area (Å²) < 4.78 is 0. The second-order valence-corrected chi connectivity index (χ2v) is 7.74. The molecule has 1 heterocycles. The zero-order valence-corrected chi connectivity index (χ0v) is 13.4. The predicted molar refractivity (Wildman–Crippen MR) is 86.9 cm³/mol. The number of nitrogens with one attached hydrogen (secondary N) is 2. The van der Waals surface area contributed by atoms with E-state index in [4.69, 9.17) is 0 Å². The Kier molecular flexibility index (Phi) is 3.13. The van der Waals surface area contributed by atoms with Crippen LogP contribution in [0.3, 0.4) is 0 Å². The van der Waals surface area contributed by atoms with E-state index in [2.05, 4.69) is 27.4 Å². The van der Waals surface area contributed by atoms with Gasteiger partial charge in [-0.2, -0.15) is 5.10 Å². The highest BCUT2D eigenvalue weighted by molar-refractivity contribution is 5.89. The fraction of sp³-hybridized carbons (Fsp3) is 0.706. The third-order valence-corrected chi connectivity index (χ3v) is 6.00. The van der Waals surface area contributed by atoms with Crippen molar-refractivity contribution in [3.63, 3.8) is 0 Å². The van der Waals surface area contributed by atoms with E-state index in [0.717, 1.165) is 17.8 Å². The molecule has 1 aromatic heterocycles. The fourth-order valence-corrected chi connectivity index (χ4v) is 5.44. The Morgan fingerprint density at radius 2 is 1.86 bits per heavy atom. The molecule has 0 atom stereocenters. The van der Waals surface area contributed by atoms with Crippen LogP contribution in [0.2, 0.25) is 0 Å². The van der Waals surface area contributed by atoms with E-state index in [1.807, 2.05) is 6.92 Å². The summed E-state index contributed by atoms with van der Waals surface area (Å²) in [6.07, 6.45) is 8.21. The van der Waals surface area contributed by atoms with Crippen molar-refractivity contribution in [2.24, 2.45) is 28.3 Å². The quantitative estimate of drug-likeness (QED) is 0.665. The molecule has 0 saturated heterocycles. The number of rotatable bonds is 3. The molecule has 4 aliphatic carbocycles. The SMILES string of the molecule is CC(=NNc1nc(C)cc(=O)[nH]1)C12CC3CC(CC(C3)C1)C2. The van der Waals surface area contributed by atoms with E-state index >= 15 is 0 Å². The second-order valence-electron chi connectivity index (χ2n) is 7.74. The van der Waals surface area contributed by atoms with Gasteiger partial charge < -0.3 is 0 Å². The minimum atomic E-state index is -0.141. The summed E-state index contributed by atoms with van der Waals surface area (Å²) in [6, 6.07) is 1.49. The Hall–Kier alpha value is -1.65. The molecule has 0 aliphatic heterocycles. The number of hydrazone groups is 1. The molecule has 0 spiro atoms. The van der Waals surface area contributed by atoms with E-state index in [1.165, 1.54) is 50.3 Å². The molecular weight excluding hydrogens is 276 g/mol. The van der Waals surface area contributed by atoms with Gasteiger partial charge in [0.15, 0.2) is 0 Å². The average Bonchev–Trinajstić information content (AvgIpc) is 2.42. The first-order valence-electron chi connectivity index (χ1n) is 8.41. The highest BCUT2D eigenvalue weighted by atomic mass is 16.1. The van der Waals surface area contributed by atoms with Crippen LogP contribution in [0.1, 0.15) is 51.1 Å². The molecule has 1 aromatic rings. The van der Waals surface area contributed by atoms with Crippen LogP contribution in [-0.2, 0) is 0 Å². The summed E-state index contributed by atoms with van der Waals surface area (Å²) >= 11 is 0. The minimum Gasteiger partial charge on any atom is -0.291 e. The maximum atomic E-state index is 11.5. The Morgan fingerprint density at radius 1 is 1.27 bits per heavy atom. The third-order valence-electron chi connectivity index (χ3n) is 6.00. The van der Waals surface area contributed by atoms with Gasteiger partial charge in [-0.05, 0) is 70.1 Å². The van der Waals surface area contributed by atoms with Crippen molar-refractivity contribution < 1.29 is 0 Å². The van der Waals surface area contributed by atoms with Crippen LogP contribution in [0.5, 0.6) is 0 Å². The summed E-state index contributed by atoms with van der Waals surface area (Å²) in [6.45, 7) is 3.96. The molecule has 2 N–H and O–H groups in total. The Balaban J connectivity index is 1.56. The smallest absolute Gasteiger partial charge is 0.252 e. The van der Waals surface area contributed by atoms with E-state index in [0.29, 0.717) is 17.1 Å². The van der Waals surface area contributed by atoms with Crippen molar-refractivity contribution in [2.45, 2.75) is 52.4 Å². The number of aromatic nitrogens is 2. The van der Waals surface area contributed by atoms with E-state index in [9.17, 15) is 4.79 Å². The summed E-state index contributed by atoms with van der Waals surface area (Å²) in [7, 11) is 0. The van der Waals surface area contributed by atoms with Gasteiger partial charge in [-0.25, -0.2) is 10.4 Å². The van der Waals surface area contributed by atoms with Gasteiger partial charge in [0, 0.05) is 22.9 Å². The summed E-state index contributed by atoms with van der Waals surface area (Å²) in [5, 5.41) is 4.60. The largest absolute Gasteiger partial charge is 0.291 e. The number of H-pyrrole nitrogens is 1. The van der Waals surface area contributed by atoms with Crippen LogP contribution >= 0.6 is 0 Å². The standard InChI is InChI=1S/C17H24N4O/c1-10-3-15(22)19-16(18-10)21-20-11(2)17-7-12-4-13(8-17)6-14(5-12)9-17/h3,12-14H,4-9H2,1-2H3,(H2,18,19,21,22). The number of nitrogens with zero attached hydrogens (tertiary/aromatic N) is 2. The number of anilines is 1. The molecule has 5 heteroatoms. The third kappa shape index (κ3) is 2.36. The molecule has 4 fully saturated rings. The second kappa shape index (κ2) is 4.93. The number of aromatic amines is 1. The van der Waals surface area contributed by atoms with Crippen LogP contribution in [0.4, 0.5) is 5.95 Å². The van der Waals surface area contributed by atoms with Gasteiger partial charge in [0.2, 0.25) is 5.95 Å². The lowest BCUT2D eigenvalue weighted by molar-refractivity contribution is -0.0126. The number of aryl methyl sites for hydroxylation is 1. The highest BCUT2D eigenvalue weighted by Gasteiger charge is 2.52. The molecule has 0 aromatic carbocycles. The zero-order valence-electron chi connectivity index (χ0n) is 13.4. The molecule has 4 aliphatic rings. The van der Waals surface area contributed by atoms with Gasteiger partial charge in [0.1, 0.15) is 0 Å². The van der Waals surface area contributed by atoms with Gasteiger partial charge in [-0.1, -0.05) is 0 Å². The van der Waals surface area contributed by atoms with E-state index in [-0.39, 0.29) is 5.56 Å². The number of hydrogen-bond donors (Lipinski definition) is 2. The molecule has 4 saturated carbocycles. The molecule has 0 unspecified atom stereocenters. The predicted octanol–water partition coefficient (Wildman–Crippen LogP) is 3.08. The summed E-state index contributed by atoms with van der Waals surface area (Å²) in [4.78, 5) is 18.5. The van der Waals surface area contributed by atoms with Crippen LogP contribution in [0.25, 0.3) is 0 Å². The van der Waals surface area contributed by atoms with Gasteiger partial charge in [0.25, 0.3) is 5.56 Å². The lowest BCUT2D eigenvalue weighted by Crippen LogP contribution is -2.49. The molecule has 0 amide bonds. The van der Waals surface area contributed by atoms with Gasteiger partial charge in [-0.3, -0.25) is 9.78 Å². The van der Waals surface area contributed by atoms with Crippen molar-refractivity contribution in [3.05, 3.63) is 22.1 Å². The van der Waals surface area contributed by atoms with Crippen LogP contribution in [0.15, 0.2) is 16.0 Å². The highest BCUT2D eigenvalue weighted by Crippen LogP contribution is 2.60. The van der Waals surface area contributed by atoms with Gasteiger partial charge in [0.05, 0.1) is 0 Å². The molecule has 0 radical (unpaired) electrons. The molecule has 22 heavy (non-hydrogen) atoms. The lowest BCUT2D eigenvalue weighted by atomic mass is 9.48. The Bertz CT molecular complexity index is 640. The van der Waals surface area contributed by atoms with E-state index < -0.39 is 0 Å². The average molecular weight is 300 g/mol. The van der Waals surface area contributed by atoms with E-state index in [1.54, 1.807) is 0 Å². The molecule has 5 rings (SSSR count). The van der Waals surface area contributed by atoms with Gasteiger partial charge in [-0.15, -0.1) is 0 Å². The van der Waals surface area contributed by atoms with Crippen molar-refractivity contribution in [1.29, 1.82) is 0 Å². The van der Waals surface area contributed by atoms with Crippen molar-refractivity contribution in [3.8, 4) is 0 Å². The van der Waals surface area contributed by atoms with Crippen LogP contribution in [-0.4, -0.2) is 15.7 Å². The summed E-state index contributed by atoms with van der Waals surface area (Å²) in [5.74, 6) is 3.17. The first-order chi connectivity index (χ1) is 10.5. The summed E-state index contributed by atoms with van der Waals surface area (Å²) in [5.41, 5.74) is 5.02. The Morgan fingerprint density at radius 3 is 2.41 bits per heavy atom. The maximum absolute atomic E-state index is 11.5. The van der Waals surface area contributed by atoms with Crippen LogP contribution in [0, 0.1) is 30.1 Å². The Labute approximate surface area is 130 Å². The van der Waals surface area contributed by atoms with Crippen molar-refractivity contribution in [1.82, 2.24) is 9.97 Å². The fourth-order valence-electron chi connectivity index (χ4n) is 5.44.